The number of piperidine rings is 1. The lowest BCUT2D eigenvalue weighted by Gasteiger charge is -2.35. The summed E-state index contributed by atoms with van der Waals surface area (Å²) in [6.45, 7) is 1.20. The number of amides is 2. The number of nitrogens with one attached hydrogen (secondary N) is 1. The van der Waals surface area contributed by atoms with Gasteiger partial charge in [0.25, 0.3) is 5.91 Å². The number of carboxylic acid groups (broad SMARTS) is 1. The van der Waals surface area contributed by atoms with E-state index in [4.69, 9.17) is 5.11 Å². The van der Waals surface area contributed by atoms with Crippen LogP contribution in [0.5, 0.6) is 0 Å². The predicted molar refractivity (Wildman–Crippen MR) is 84.3 cm³/mol. The van der Waals surface area contributed by atoms with Crippen molar-refractivity contribution in [3.63, 3.8) is 0 Å². The highest BCUT2D eigenvalue weighted by molar-refractivity contribution is 7.12. The summed E-state index contributed by atoms with van der Waals surface area (Å²) < 4.78 is 0. The fourth-order valence-electron chi connectivity index (χ4n) is 2.44. The van der Waals surface area contributed by atoms with Crippen LogP contribution in [0.4, 0.5) is 0 Å². The van der Waals surface area contributed by atoms with E-state index in [1.165, 1.54) is 16.2 Å². The molecule has 2 heterocycles. The van der Waals surface area contributed by atoms with E-state index in [1.807, 2.05) is 0 Å². The van der Waals surface area contributed by atoms with Crippen LogP contribution in [0.15, 0.2) is 17.5 Å². The molecule has 1 aromatic rings. The van der Waals surface area contributed by atoms with Crippen molar-refractivity contribution in [2.45, 2.75) is 37.8 Å². The summed E-state index contributed by atoms with van der Waals surface area (Å²) in [6, 6.07) is 2.86. The molecule has 1 fully saturated rings. The van der Waals surface area contributed by atoms with Gasteiger partial charge in [0.15, 0.2) is 5.60 Å². The second-order valence-electron chi connectivity index (χ2n) is 5.78. The number of carbonyl (C=O) groups is 3. The van der Waals surface area contributed by atoms with Crippen LogP contribution in [-0.2, 0) is 9.59 Å². The molecule has 0 bridgehead atoms. The summed E-state index contributed by atoms with van der Waals surface area (Å²) in [5, 5.41) is 22.8. The Balaban J connectivity index is 2.04. The number of aliphatic carboxylic acids is 1. The van der Waals surface area contributed by atoms with E-state index >= 15 is 0 Å². The second kappa shape index (κ2) is 7.10. The van der Waals surface area contributed by atoms with Crippen LogP contribution in [0.1, 0.15) is 35.9 Å². The van der Waals surface area contributed by atoms with Gasteiger partial charge in [-0.25, -0.2) is 4.79 Å². The van der Waals surface area contributed by atoms with E-state index in [1.54, 1.807) is 17.5 Å². The number of rotatable bonds is 5. The highest BCUT2D eigenvalue weighted by Crippen LogP contribution is 2.22. The molecule has 2 unspecified atom stereocenters. The third kappa shape index (κ3) is 4.08. The Morgan fingerprint density at radius 1 is 1.43 bits per heavy atom. The van der Waals surface area contributed by atoms with Crippen LogP contribution in [0.25, 0.3) is 0 Å². The molecule has 2 amide bonds. The highest BCUT2D eigenvalue weighted by Gasteiger charge is 2.35. The van der Waals surface area contributed by atoms with Crippen molar-refractivity contribution in [3.8, 4) is 0 Å². The number of hydrogen-bond acceptors (Lipinski definition) is 5. The largest absolute Gasteiger partial charge is 0.479 e. The molecule has 126 valence electrons. The molecule has 0 saturated carbocycles. The number of carboxylic acids is 1. The van der Waals surface area contributed by atoms with Gasteiger partial charge in [-0.2, -0.15) is 0 Å². The first kappa shape index (κ1) is 17.4. The molecule has 1 saturated heterocycles. The predicted octanol–water partition coefficient (Wildman–Crippen LogP) is 0.695. The van der Waals surface area contributed by atoms with Crippen molar-refractivity contribution in [1.82, 2.24) is 10.2 Å². The van der Waals surface area contributed by atoms with Crippen molar-refractivity contribution in [2.75, 3.05) is 13.1 Å². The molecule has 1 aliphatic rings. The van der Waals surface area contributed by atoms with Gasteiger partial charge in [-0.15, -0.1) is 11.3 Å². The van der Waals surface area contributed by atoms with Gasteiger partial charge >= 0.3 is 5.97 Å². The van der Waals surface area contributed by atoms with Gasteiger partial charge in [0.2, 0.25) is 5.91 Å². The molecule has 23 heavy (non-hydrogen) atoms. The number of likely N-dealkylation sites (tertiary alicyclic amines) is 1. The molecule has 2 atom stereocenters. The average Bonchev–Trinajstić information content (AvgIpc) is 3.06. The summed E-state index contributed by atoms with van der Waals surface area (Å²) in [4.78, 5) is 37.8. The lowest BCUT2D eigenvalue weighted by molar-refractivity contribution is -0.156. The Morgan fingerprint density at radius 3 is 2.78 bits per heavy atom. The van der Waals surface area contributed by atoms with Gasteiger partial charge in [-0.1, -0.05) is 6.07 Å². The third-order valence-corrected chi connectivity index (χ3v) is 4.72. The highest BCUT2D eigenvalue weighted by atomic mass is 32.1. The Hall–Kier alpha value is -1.93. The Kier molecular flexibility index (Phi) is 5.38. The van der Waals surface area contributed by atoms with Crippen LogP contribution < -0.4 is 5.32 Å². The monoisotopic (exact) mass is 340 g/mol. The minimum absolute atomic E-state index is 0.190. The van der Waals surface area contributed by atoms with E-state index in [2.05, 4.69) is 5.32 Å². The fraction of sp³-hybridized carbons (Fsp3) is 0.533. The Bertz CT molecular complexity index is 585. The van der Waals surface area contributed by atoms with Crippen LogP contribution >= 0.6 is 11.3 Å². The zero-order valence-corrected chi connectivity index (χ0v) is 13.6. The van der Waals surface area contributed by atoms with Crippen LogP contribution in [0, 0.1) is 0 Å². The Labute approximate surface area is 137 Å². The lowest BCUT2D eigenvalue weighted by Crippen LogP contribution is -2.55. The summed E-state index contributed by atoms with van der Waals surface area (Å²) in [5.74, 6) is -2.03. The molecule has 0 radical (unpaired) electrons. The minimum Gasteiger partial charge on any atom is -0.479 e. The van der Waals surface area contributed by atoms with Crippen molar-refractivity contribution in [3.05, 3.63) is 22.4 Å². The van der Waals surface area contributed by atoms with E-state index in [0.29, 0.717) is 17.8 Å². The standard InChI is InChI=1S/C15H20N2O5S/c1-15(22,14(20)21)9-16-12(18)10-5-2-3-7-17(10)13(19)11-6-4-8-23-11/h4,6,8,10,22H,2-3,5,7,9H2,1H3,(H,16,18)(H,20,21). The van der Waals surface area contributed by atoms with Crippen molar-refractivity contribution in [2.24, 2.45) is 0 Å². The zero-order chi connectivity index (χ0) is 17.0. The number of hydrogen-bond donors (Lipinski definition) is 3. The molecule has 1 aliphatic heterocycles. The summed E-state index contributed by atoms with van der Waals surface area (Å²) in [7, 11) is 0. The summed E-state index contributed by atoms with van der Waals surface area (Å²) >= 11 is 1.32. The second-order valence-corrected chi connectivity index (χ2v) is 6.73. The van der Waals surface area contributed by atoms with E-state index < -0.39 is 30.1 Å². The summed E-state index contributed by atoms with van der Waals surface area (Å²) in [5.41, 5.74) is -2.03. The third-order valence-electron chi connectivity index (χ3n) is 3.87. The minimum atomic E-state index is -2.03. The van der Waals surface area contributed by atoms with Gasteiger partial charge in [0.05, 0.1) is 11.4 Å². The number of nitrogens with zero attached hydrogens (tertiary/aromatic N) is 1. The van der Waals surface area contributed by atoms with Crippen LogP contribution in [0.3, 0.4) is 0 Å². The van der Waals surface area contributed by atoms with Crippen LogP contribution in [-0.4, -0.2) is 57.6 Å². The first-order chi connectivity index (χ1) is 10.8. The Morgan fingerprint density at radius 2 is 2.17 bits per heavy atom. The maximum Gasteiger partial charge on any atom is 0.337 e. The topological polar surface area (TPSA) is 107 Å². The van der Waals surface area contributed by atoms with Gasteiger partial charge < -0.3 is 20.4 Å². The summed E-state index contributed by atoms with van der Waals surface area (Å²) in [6.07, 6.45) is 2.17. The van der Waals surface area contributed by atoms with Gasteiger partial charge in [-0.05, 0) is 37.6 Å². The molecule has 3 N–H and O–H groups in total. The van der Waals surface area contributed by atoms with E-state index in [-0.39, 0.29) is 5.91 Å². The number of carbonyl (C=O) groups excluding carboxylic acids is 2. The fourth-order valence-corrected chi connectivity index (χ4v) is 3.12. The first-order valence-corrected chi connectivity index (χ1v) is 8.29. The lowest BCUT2D eigenvalue weighted by atomic mass is 10.0. The molecule has 0 spiro atoms. The molecular formula is C15H20N2O5S. The number of thiophene rings is 1. The van der Waals surface area contributed by atoms with Gasteiger partial charge in [-0.3, -0.25) is 9.59 Å². The van der Waals surface area contributed by atoms with Crippen molar-refractivity contribution < 1.29 is 24.6 Å². The molecule has 7 nitrogen and oxygen atoms in total. The van der Waals surface area contributed by atoms with Crippen molar-refractivity contribution in [1.29, 1.82) is 0 Å². The molecule has 0 aliphatic carbocycles. The average molecular weight is 340 g/mol. The zero-order valence-electron chi connectivity index (χ0n) is 12.8. The maximum absolute atomic E-state index is 12.5. The molecule has 1 aromatic heterocycles. The molecule has 0 aromatic carbocycles. The first-order valence-electron chi connectivity index (χ1n) is 7.41. The normalized spacial score (nSPS) is 20.6. The molecule has 8 heteroatoms. The maximum atomic E-state index is 12.5. The van der Waals surface area contributed by atoms with Gasteiger partial charge in [0.1, 0.15) is 6.04 Å². The molecule has 2 rings (SSSR count). The quantitative estimate of drug-likeness (QED) is 0.731. The molecular weight excluding hydrogens is 320 g/mol. The SMILES string of the molecule is CC(O)(CNC(=O)C1CCCCN1C(=O)c1cccs1)C(=O)O. The van der Waals surface area contributed by atoms with E-state index in [0.717, 1.165) is 19.8 Å². The smallest absolute Gasteiger partial charge is 0.337 e. The number of aliphatic hydroxyl groups is 1. The van der Waals surface area contributed by atoms with Gasteiger partial charge in [0, 0.05) is 6.54 Å². The van der Waals surface area contributed by atoms with Crippen molar-refractivity contribution >= 4 is 29.1 Å². The van der Waals surface area contributed by atoms with E-state index in [9.17, 15) is 19.5 Å². The van der Waals surface area contributed by atoms with Crippen LogP contribution in [0.2, 0.25) is 0 Å².